The quantitative estimate of drug-likeness (QED) is 0.746. The molecule has 0 amide bonds. The van der Waals surface area contributed by atoms with Crippen molar-refractivity contribution in [2.45, 2.75) is 31.2 Å². The number of rotatable bonds is 1. The van der Waals surface area contributed by atoms with E-state index < -0.39 is 0 Å². The SMILES string of the molecule is c1ccc([C@@H]2CCN3CCc4ccccc4[C@@H]3C2)cc1. The summed E-state index contributed by atoms with van der Waals surface area (Å²) in [6.07, 6.45) is 3.81. The fourth-order valence-electron chi connectivity index (χ4n) is 3.98. The summed E-state index contributed by atoms with van der Waals surface area (Å²) >= 11 is 0. The summed E-state index contributed by atoms with van der Waals surface area (Å²) in [7, 11) is 0. The minimum atomic E-state index is 0.638. The van der Waals surface area contributed by atoms with E-state index in [1.807, 2.05) is 0 Å². The summed E-state index contributed by atoms with van der Waals surface area (Å²) in [4.78, 5) is 2.70. The van der Waals surface area contributed by atoms with Crippen molar-refractivity contribution in [3.8, 4) is 0 Å². The van der Waals surface area contributed by atoms with Crippen molar-refractivity contribution in [2.75, 3.05) is 13.1 Å². The van der Waals surface area contributed by atoms with Crippen LogP contribution in [0, 0.1) is 0 Å². The number of fused-ring (bicyclic) bond motifs is 3. The van der Waals surface area contributed by atoms with Gasteiger partial charge in [0.25, 0.3) is 0 Å². The van der Waals surface area contributed by atoms with Crippen LogP contribution in [-0.2, 0) is 6.42 Å². The van der Waals surface area contributed by atoms with Crippen molar-refractivity contribution < 1.29 is 0 Å². The standard InChI is InChI=1S/C19H21N/c1-2-6-15(7-3-1)17-11-13-20-12-10-16-8-4-5-9-18(16)19(20)14-17/h1-9,17,19H,10-14H2/t17-,19+/m1/s1. The monoisotopic (exact) mass is 263 g/mol. The minimum absolute atomic E-state index is 0.638. The highest BCUT2D eigenvalue weighted by atomic mass is 15.2. The van der Waals surface area contributed by atoms with Crippen LogP contribution < -0.4 is 0 Å². The normalized spacial score (nSPS) is 25.8. The Balaban J connectivity index is 1.64. The third-order valence-electron chi connectivity index (χ3n) is 5.07. The molecule has 2 aliphatic heterocycles. The molecule has 1 fully saturated rings. The molecule has 4 rings (SSSR count). The number of nitrogens with zero attached hydrogens (tertiary/aromatic N) is 1. The lowest BCUT2D eigenvalue weighted by atomic mass is 9.79. The van der Waals surface area contributed by atoms with E-state index in [-0.39, 0.29) is 0 Å². The zero-order chi connectivity index (χ0) is 13.4. The Morgan fingerprint density at radius 3 is 2.55 bits per heavy atom. The first-order chi connectivity index (χ1) is 9.92. The van der Waals surface area contributed by atoms with E-state index in [9.17, 15) is 0 Å². The predicted molar refractivity (Wildman–Crippen MR) is 82.9 cm³/mol. The van der Waals surface area contributed by atoms with E-state index in [0.717, 1.165) is 5.92 Å². The van der Waals surface area contributed by atoms with E-state index in [0.29, 0.717) is 6.04 Å². The van der Waals surface area contributed by atoms with E-state index in [2.05, 4.69) is 59.5 Å². The molecule has 0 spiro atoms. The molecule has 2 atom stereocenters. The lowest BCUT2D eigenvalue weighted by molar-refractivity contribution is 0.125. The van der Waals surface area contributed by atoms with Gasteiger partial charge in [-0.2, -0.15) is 0 Å². The van der Waals surface area contributed by atoms with Gasteiger partial charge in [0, 0.05) is 12.6 Å². The van der Waals surface area contributed by atoms with E-state index in [1.54, 1.807) is 11.1 Å². The van der Waals surface area contributed by atoms with Crippen molar-refractivity contribution in [1.29, 1.82) is 0 Å². The van der Waals surface area contributed by atoms with Crippen LogP contribution in [0.5, 0.6) is 0 Å². The second-order valence-electron chi connectivity index (χ2n) is 6.13. The molecule has 102 valence electrons. The molecule has 2 aliphatic rings. The summed E-state index contributed by atoms with van der Waals surface area (Å²) in [6, 6.07) is 20.8. The van der Waals surface area contributed by atoms with Crippen LogP contribution in [0.3, 0.4) is 0 Å². The molecule has 1 heteroatoms. The maximum absolute atomic E-state index is 2.70. The van der Waals surface area contributed by atoms with Gasteiger partial charge in [0.05, 0.1) is 0 Å². The molecule has 0 saturated carbocycles. The molecule has 20 heavy (non-hydrogen) atoms. The Morgan fingerprint density at radius 1 is 0.850 bits per heavy atom. The van der Waals surface area contributed by atoms with Gasteiger partial charge >= 0.3 is 0 Å². The Morgan fingerprint density at radius 2 is 1.65 bits per heavy atom. The van der Waals surface area contributed by atoms with Crippen molar-refractivity contribution in [3.63, 3.8) is 0 Å². The summed E-state index contributed by atoms with van der Waals surface area (Å²) < 4.78 is 0. The number of piperidine rings is 1. The van der Waals surface area contributed by atoms with Crippen molar-refractivity contribution in [3.05, 3.63) is 71.3 Å². The maximum Gasteiger partial charge on any atom is 0.0356 e. The third-order valence-corrected chi connectivity index (χ3v) is 5.07. The first-order valence-corrected chi connectivity index (χ1v) is 7.78. The van der Waals surface area contributed by atoms with E-state index >= 15 is 0 Å². The van der Waals surface area contributed by atoms with Crippen LogP contribution in [0.1, 0.15) is 41.5 Å². The van der Waals surface area contributed by atoms with Crippen molar-refractivity contribution in [1.82, 2.24) is 4.90 Å². The van der Waals surface area contributed by atoms with E-state index in [1.165, 1.54) is 37.9 Å². The molecule has 2 heterocycles. The summed E-state index contributed by atoms with van der Waals surface area (Å²) in [5, 5.41) is 0. The van der Waals surface area contributed by atoms with Gasteiger partial charge < -0.3 is 0 Å². The fraction of sp³-hybridized carbons (Fsp3) is 0.368. The highest BCUT2D eigenvalue weighted by Gasteiger charge is 2.33. The van der Waals surface area contributed by atoms with Gasteiger partial charge in [-0.1, -0.05) is 54.6 Å². The summed E-state index contributed by atoms with van der Waals surface area (Å²) in [5.74, 6) is 0.726. The van der Waals surface area contributed by atoms with Crippen molar-refractivity contribution >= 4 is 0 Å². The zero-order valence-corrected chi connectivity index (χ0v) is 11.8. The van der Waals surface area contributed by atoms with Gasteiger partial charge in [-0.3, -0.25) is 4.90 Å². The van der Waals surface area contributed by atoms with Gasteiger partial charge in [-0.15, -0.1) is 0 Å². The molecule has 2 aromatic carbocycles. The Kier molecular flexibility index (Phi) is 3.08. The molecule has 1 saturated heterocycles. The number of benzene rings is 2. The van der Waals surface area contributed by atoms with E-state index in [4.69, 9.17) is 0 Å². The van der Waals surface area contributed by atoms with Gasteiger partial charge in [0.15, 0.2) is 0 Å². The molecular weight excluding hydrogens is 242 g/mol. The predicted octanol–water partition coefficient (Wildman–Crippen LogP) is 4.16. The average Bonchev–Trinajstić information content (AvgIpc) is 2.55. The lowest BCUT2D eigenvalue weighted by Crippen LogP contribution is -2.40. The summed E-state index contributed by atoms with van der Waals surface area (Å²) in [6.45, 7) is 2.49. The molecule has 0 bridgehead atoms. The smallest absolute Gasteiger partial charge is 0.0356 e. The number of hydrogen-bond donors (Lipinski definition) is 0. The molecule has 0 radical (unpaired) electrons. The molecule has 0 aliphatic carbocycles. The Labute approximate surface area is 121 Å². The average molecular weight is 263 g/mol. The molecule has 0 N–H and O–H groups in total. The third kappa shape index (κ3) is 2.06. The van der Waals surface area contributed by atoms with Crippen LogP contribution >= 0.6 is 0 Å². The van der Waals surface area contributed by atoms with Gasteiger partial charge in [-0.05, 0) is 48.4 Å². The van der Waals surface area contributed by atoms with Crippen molar-refractivity contribution in [2.24, 2.45) is 0 Å². The Bertz CT molecular complexity index is 590. The van der Waals surface area contributed by atoms with Crippen LogP contribution in [0.4, 0.5) is 0 Å². The minimum Gasteiger partial charge on any atom is -0.296 e. The van der Waals surface area contributed by atoms with Gasteiger partial charge in [-0.25, -0.2) is 0 Å². The van der Waals surface area contributed by atoms with Crippen LogP contribution in [0.2, 0.25) is 0 Å². The molecule has 2 aromatic rings. The topological polar surface area (TPSA) is 3.24 Å². The fourth-order valence-corrected chi connectivity index (χ4v) is 3.98. The zero-order valence-electron chi connectivity index (χ0n) is 11.8. The lowest BCUT2D eigenvalue weighted by Gasteiger charge is -2.43. The van der Waals surface area contributed by atoms with Crippen LogP contribution in [0.25, 0.3) is 0 Å². The van der Waals surface area contributed by atoms with Crippen LogP contribution in [0.15, 0.2) is 54.6 Å². The maximum atomic E-state index is 2.70. The van der Waals surface area contributed by atoms with Crippen LogP contribution in [-0.4, -0.2) is 18.0 Å². The molecule has 1 nitrogen and oxygen atoms in total. The number of hydrogen-bond acceptors (Lipinski definition) is 1. The first kappa shape index (κ1) is 12.2. The summed E-state index contributed by atoms with van der Waals surface area (Å²) in [5.41, 5.74) is 4.68. The van der Waals surface area contributed by atoms with Gasteiger partial charge in [0.1, 0.15) is 0 Å². The van der Waals surface area contributed by atoms with Gasteiger partial charge in [0.2, 0.25) is 0 Å². The molecule has 0 aromatic heterocycles. The Hall–Kier alpha value is -1.60. The molecule has 0 unspecified atom stereocenters. The first-order valence-electron chi connectivity index (χ1n) is 7.78. The highest BCUT2D eigenvalue weighted by Crippen LogP contribution is 2.42. The largest absolute Gasteiger partial charge is 0.296 e. The highest BCUT2D eigenvalue weighted by molar-refractivity contribution is 5.34. The second-order valence-corrected chi connectivity index (χ2v) is 6.13. The second kappa shape index (κ2) is 5.06. The molecular formula is C19H21N.